The van der Waals surface area contributed by atoms with Crippen LogP contribution in [0.2, 0.25) is 0 Å². The van der Waals surface area contributed by atoms with Crippen molar-refractivity contribution in [2.24, 2.45) is 0 Å². The SMILES string of the molecule is c1ccc(-c2nc(-n3c4ccccc4c4c5sc6ccccc6c5c5c6cncnc6sc5c43)nc3ccccc23)cc1. The van der Waals surface area contributed by atoms with Crippen LogP contribution in [0.3, 0.4) is 0 Å². The van der Waals surface area contributed by atoms with Crippen LogP contribution in [0.25, 0.3) is 90.4 Å². The number of thiophene rings is 2. The van der Waals surface area contributed by atoms with Gasteiger partial charge in [-0.3, -0.25) is 4.57 Å². The Bertz CT molecular complexity index is 2740. The maximum Gasteiger partial charge on any atom is 0.235 e. The number of rotatable bonds is 2. The van der Waals surface area contributed by atoms with Crippen LogP contribution in [0, 0.1) is 0 Å². The molecule has 10 aromatic rings. The molecule has 0 fully saturated rings. The van der Waals surface area contributed by atoms with Crippen LogP contribution in [-0.2, 0) is 0 Å². The molecule has 5 aromatic carbocycles. The highest BCUT2D eigenvalue weighted by Gasteiger charge is 2.26. The zero-order valence-electron chi connectivity index (χ0n) is 22.5. The summed E-state index contributed by atoms with van der Waals surface area (Å²) >= 11 is 3.58. The molecule has 0 N–H and O–H groups in total. The van der Waals surface area contributed by atoms with E-state index in [2.05, 4.69) is 101 Å². The number of para-hydroxylation sites is 2. The fourth-order valence-electron chi connectivity index (χ4n) is 6.60. The average molecular weight is 586 g/mol. The van der Waals surface area contributed by atoms with Crippen LogP contribution in [0.1, 0.15) is 0 Å². The van der Waals surface area contributed by atoms with Gasteiger partial charge in [0.1, 0.15) is 11.2 Å². The summed E-state index contributed by atoms with van der Waals surface area (Å²) in [6.07, 6.45) is 3.61. The first-order valence-corrected chi connectivity index (χ1v) is 15.7. The molecule has 7 heteroatoms. The number of hydrogen-bond acceptors (Lipinski definition) is 6. The first-order valence-electron chi connectivity index (χ1n) is 14.1. The molecule has 5 nitrogen and oxygen atoms in total. The van der Waals surface area contributed by atoms with Crippen molar-refractivity contribution >= 4 is 95.9 Å². The van der Waals surface area contributed by atoms with E-state index in [1.807, 2.05) is 29.7 Å². The molecule has 0 bridgehead atoms. The zero-order valence-corrected chi connectivity index (χ0v) is 24.2. The quantitative estimate of drug-likeness (QED) is 0.203. The number of fused-ring (bicyclic) bond motifs is 13. The molecular weight excluding hydrogens is 567 g/mol. The molecule has 5 aromatic heterocycles. The lowest BCUT2D eigenvalue weighted by Crippen LogP contribution is -2.03. The number of hydrogen-bond donors (Lipinski definition) is 0. The van der Waals surface area contributed by atoms with Gasteiger partial charge in [-0.1, -0.05) is 84.9 Å². The highest BCUT2D eigenvalue weighted by Crippen LogP contribution is 2.51. The van der Waals surface area contributed by atoms with Gasteiger partial charge in [0.2, 0.25) is 5.95 Å². The molecule has 0 radical (unpaired) electrons. The van der Waals surface area contributed by atoms with E-state index < -0.39 is 0 Å². The van der Waals surface area contributed by atoms with E-state index in [0.717, 1.165) is 43.4 Å². The largest absolute Gasteiger partial charge is 0.276 e. The molecule has 0 saturated heterocycles. The predicted octanol–water partition coefficient (Wildman–Crippen LogP) is 9.92. The van der Waals surface area contributed by atoms with E-state index in [0.29, 0.717) is 5.95 Å². The van der Waals surface area contributed by atoms with Crippen molar-refractivity contribution in [3.63, 3.8) is 0 Å². The predicted molar refractivity (Wildman–Crippen MR) is 181 cm³/mol. The monoisotopic (exact) mass is 585 g/mol. The molecule has 10 rings (SSSR count). The smallest absolute Gasteiger partial charge is 0.235 e. The van der Waals surface area contributed by atoms with E-state index in [4.69, 9.17) is 15.0 Å². The Morgan fingerprint density at radius 3 is 2.23 bits per heavy atom. The van der Waals surface area contributed by atoms with Crippen molar-refractivity contribution in [1.82, 2.24) is 24.5 Å². The van der Waals surface area contributed by atoms with Crippen LogP contribution in [0.5, 0.6) is 0 Å². The molecular formula is C36H19N5S2. The highest BCUT2D eigenvalue weighted by molar-refractivity contribution is 7.29. The van der Waals surface area contributed by atoms with Crippen LogP contribution >= 0.6 is 22.7 Å². The molecule has 43 heavy (non-hydrogen) atoms. The number of benzene rings is 5. The fraction of sp³-hybridized carbons (Fsp3) is 0. The molecule has 0 amide bonds. The Morgan fingerprint density at radius 1 is 0.581 bits per heavy atom. The third kappa shape index (κ3) is 3.15. The van der Waals surface area contributed by atoms with Crippen LogP contribution in [0.15, 0.2) is 116 Å². The van der Waals surface area contributed by atoms with E-state index in [1.54, 1.807) is 17.7 Å². The number of nitrogens with zero attached hydrogens (tertiary/aromatic N) is 5. The molecule has 0 aliphatic heterocycles. The van der Waals surface area contributed by atoms with Gasteiger partial charge in [0, 0.05) is 58.9 Å². The minimum Gasteiger partial charge on any atom is -0.276 e. The van der Waals surface area contributed by atoms with Gasteiger partial charge < -0.3 is 0 Å². The van der Waals surface area contributed by atoms with Crippen molar-refractivity contribution in [1.29, 1.82) is 0 Å². The van der Waals surface area contributed by atoms with Gasteiger partial charge in [0.05, 0.1) is 26.9 Å². The maximum atomic E-state index is 5.33. The average Bonchev–Trinajstić information content (AvgIpc) is 3.74. The lowest BCUT2D eigenvalue weighted by Gasteiger charge is -2.12. The minimum absolute atomic E-state index is 0.661. The first kappa shape index (κ1) is 23.3. The van der Waals surface area contributed by atoms with Crippen LogP contribution in [0.4, 0.5) is 0 Å². The molecule has 0 aliphatic carbocycles. The first-order chi connectivity index (χ1) is 21.3. The second-order valence-electron chi connectivity index (χ2n) is 10.7. The summed E-state index contributed by atoms with van der Waals surface area (Å²) in [5.41, 5.74) is 5.11. The Labute approximate surface area is 252 Å². The van der Waals surface area contributed by atoms with Crippen molar-refractivity contribution in [3.05, 3.63) is 116 Å². The topological polar surface area (TPSA) is 56.5 Å². The summed E-state index contributed by atoms with van der Waals surface area (Å²) in [5, 5.41) is 8.29. The number of aromatic nitrogens is 5. The Morgan fingerprint density at radius 2 is 1.33 bits per heavy atom. The second-order valence-corrected chi connectivity index (χ2v) is 12.7. The summed E-state index contributed by atoms with van der Waals surface area (Å²) in [6.45, 7) is 0. The summed E-state index contributed by atoms with van der Waals surface area (Å²) in [5.74, 6) is 0.661. The molecule has 0 saturated carbocycles. The van der Waals surface area contributed by atoms with Gasteiger partial charge >= 0.3 is 0 Å². The Balaban J connectivity index is 1.48. The fourth-order valence-corrected chi connectivity index (χ4v) is 9.03. The van der Waals surface area contributed by atoms with Crippen molar-refractivity contribution < 1.29 is 0 Å². The van der Waals surface area contributed by atoms with Gasteiger partial charge in [0.25, 0.3) is 0 Å². The second kappa shape index (κ2) is 8.64. The van der Waals surface area contributed by atoms with Gasteiger partial charge in [-0.15, -0.1) is 22.7 Å². The van der Waals surface area contributed by atoms with E-state index >= 15 is 0 Å². The lowest BCUT2D eigenvalue weighted by molar-refractivity contribution is 1.02. The Hall–Kier alpha value is -5.24. The third-order valence-electron chi connectivity index (χ3n) is 8.37. The Kier molecular flexibility index (Phi) is 4.69. The highest BCUT2D eigenvalue weighted by atomic mass is 32.1. The summed E-state index contributed by atoms with van der Waals surface area (Å²) < 4.78 is 5.99. The zero-order chi connectivity index (χ0) is 28.1. The van der Waals surface area contributed by atoms with Crippen LogP contribution < -0.4 is 0 Å². The summed E-state index contributed by atoms with van der Waals surface area (Å²) in [6, 6.07) is 36.1. The van der Waals surface area contributed by atoms with Crippen LogP contribution in [-0.4, -0.2) is 24.5 Å². The van der Waals surface area contributed by atoms with E-state index in [9.17, 15) is 0 Å². The molecule has 0 atom stereocenters. The van der Waals surface area contributed by atoms with Gasteiger partial charge in [-0.2, -0.15) is 0 Å². The molecule has 5 heterocycles. The van der Waals surface area contributed by atoms with E-state index in [1.165, 1.54) is 41.0 Å². The van der Waals surface area contributed by atoms with Gasteiger partial charge in [-0.25, -0.2) is 19.9 Å². The standard InChI is InChI=1S/C36H19N5S2/c1-2-10-20(11-3-1)31-21-12-4-7-15-25(21)39-36(40-31)41-26-16-8-5-13-22(26)30-32(41)34-29(24-18-37-19-38-35(24)43-34)28-23-14-6-9-17-27(23)42-33(28)30/h1-19H. The van der Waals surface area contributed by atoms with Gasteiger partial charge in [0.15, 0.2) is 0 Å². The van der Waals surface area contributed by atoms with E-state index in [-0.39, 0.29) is 0 Å². The van der Waals surface area contributed by atoms with Crippen molar-refractivity contribution in [3.8, 4) is 17.2 Å². The molecule has 0 unspecified atom stereocenters. The minimum atomic E-state index is 0.661. The van der Waals surface area contributed by atoms with Crippen molar-refractivity contribution in [2.75, 3.05) is 0 Å². The normalized spacial score (nSPS) is 12.2. The molecule has 200 valence electrons. The third-order valence-corrected chi connectivity index (χ3v) is 10.7. The van der Waals surface area contributed by atoms with Gasteiger partial charge in [-0.05, 0) is 18.2 Å². The molecule has 0 spiro atoms. The maximum absolute atomic E-state index is 5.33. The summed E-state index contributed by atoms with van der Waals surface area (Å²) in [7, 11) is 0. The van der Waals surface area contributed by atoms with Crippen molar-refractivity contribution in [2.45, 2.75) is 0 Å². The lowest BCUT2D eigenvalue weighted by atomic mass is 10.0. The molecule has 0 aliphatic rings. The summed E-state index contributed by atoms with van der Waals surface area (Å²) in [4.78, 5) is 20.7.